The molecule has 0 aromatic rings. The van der Waals surface area contributed by atoms with Gasteiger partial charge in [0, 0.05) is 44.7 Å². The topological polar surface area (TPSA) is 152 Å². The third-order valence-electron chi connectivity index (χ3n) is 6.03. The van der Waals surface area contributed by atoms with Gasteiger partial charge in [-0.3, -0.25) is 9.69 Å². The number of carbonyl (C=O) groups is 1. The molecule has 1 rings (SSSR count). The molecule has 1 heterocycles. The molecule has 0 aromatic heterocycles. The largest absolute Gasteiger partial charge is 0.407 e. The van der Waals surface area contributed by atoms with Crippen LogP contribution in [0.15, 0.2) is 0 Å². The Balaban J connectivity index is 2.42. The Morgan fingerprint density at radius 2 is 1.81 bits per heavy atom. The van der Waals surface area contributed by atoms with Gasteiger partial charge in [-0.2, -0.15) is 0 Å². The second-order valence-electron chi connectivity index (χ2n) is 8.93. The van der Waals surface area contributed by atoms with Crippen LogP contribution in [0.25, 0.3) is 0 Å². The van der Waals surface area contributed by atoms with Gasteiger partial charge in [0.05, 0.1) is 5.67 Å². The molecule has 0 aliphatic carbocycles. The summed E-state index contributed by atoms with van der Waals surface area (Å²) in [6.45, 7) is 8.70. The SMILES string of the molecule is CC(=O)N[C@@H](CCCCN)CN1CCC[C@H]1CN[C@@H](C)CN[C@@H](CCCCN)[Si](N)=O. The summed E-state index contributed by atoms with van der Waals surface area (Å²) in [5, 5.41) is 15.8. The molecule has 9 nitrogen and oxygen atoms in total. The number of amides is 1. The van der Waals surface area contributed by atoms with Crippen molar-refractivity contribution in [1.29, 1.82) is 0 Å². The Kier molecular flexibility index (Phi) is 15.1. The van der Waals surface area contributed by atoms with E-state index in [0.29, 0.717) is 19.1 Å². The fourth-order valence-corrected chi connectivity index (χ4v) is 5.06. The smallest absolute Gasteiger partial charge is 0.402 e. The van der Waals surface area contributed by atoms with Crippen LogP contribution in [-0.2, 0) is 9.26 Å². The van der Waals surface area contributed by atoms with Crippen LogP contribution in [0.4, 0.5) is 0 Å². The number of hydrogen-bond donors (Lipinski definition) is 6. The van der Waals surface area contributed by atoms with Crippen LogP contribution in [-0.4, -0.2) is 82.7 Å². The predicted octanol–water partition coefficient (Wildman–Crippen LogP) is -0.434. The Hall–Kier alpha value is -0.913. The number of carbonyl (C=O) groups excluding carboxylic acids is 1. The maximum absolute atomic E-state index is 11.8. The monoisotopic (exact) mass is 457 g/mol. The van der Waals surface area contributed by atoms with E-state index in [0.717, 1.165) is 64.7 Å². The number of unbranched alkanes of at least 4 members (excludes halogenated alkanes) is 2. The second-order valence-corrected chi connectivity index (χ2v) is 10.4. The molecule has 0 radical (unpaired) electrons. The predicted molar refractivity (Wildman–Crippen MR) is 128 cm³/mol. The van der Waals surface area contributed by atoms with E-state index in [-0.39, 0.29) is 23.7 Å². The third-order valence-corrected chi connectivity index (χ3v) is 7.21. The molecule has 1 aliphatic heterocycles. The highest BCUT2D eigenvalue weighted by molar-refractivity contribution is 6.40. The van der Waals surface area contributed by atoms with Gasteiger partial charge in [0.25, 0.3) is 0 Å². The Bertz CT molecular complexity index is 512. The summed E-state index contributed by atoms with van der Waals surface area (Å²) in [6, 6.07) is 0.916. The summed E-state index contributed by atoms with van der Waals surface area (Å²) in [5.74, 6) is 0.0338. The van der Waals surface area contributed by atoms with Crippen LogP contribution in [0.2, 0.25) is 0 Å². The number of nitrogens with one attached hydrogen (secondary N) is 3. The van der Waals surface area contributed by atoms with Gasteiger partial charge in [0.15, 0.2) is 0 Å². The molecule has 10 heteroatoms. The second kappa shape index (κ2) is 16.7. The highest BCUT2D eigenvalue weighted by Gasteiger charge is 2.27. The Morgan fingerprint density at radius 1 is 1.13 bits per heavy atom. The van der Waals surface area contributed by atoms with E-state index in [2.05, 4.69) is 27.8 Å². The first-order valence-electron chi connectivity index (χ1n) is 12.0. The average Bonchev–Trinajstić information content (AvgIpc) is 3.15. The first kappa shape index (κ1) is 28.1. The highest BCUT2D eigenvalue weighted by atomic mass is 28.3. The van der Waals surface area contributed by atoms with Crippen molar-refractivity contribution in [3.05, 3.63) is 0 Å². The zero-order valence-corrected chi connectivity index (χ0v) is 20.7. The molecule has 1 saturated heterocycles. The Labute approximate surface area is 190 Å². The van der Waals surface area contributed by atoms with E-state index in [1.807, 2.05) is 0 Å². The molecule has 0 aromatic carbocycles. The lowest BCUT2D eigenvalue weighted by Crippen LogP contribution is -2.51. The van der Waals surface area contributed by atoms with Crippen molar-refractivity contribution in [2.75, 3.05) is 39.3 Å². The van der Waals surface area contributed by atoms with E-state index >= 15 is 0 Å². The molecule has 31 heavy (non-hydrogen) atoms. The van der Waals surface area contributed by atoms with Gasteiger partial charge in [0.2, 0.25) is 5.91 Å². The van der Waals surface area contributed by atoms with Gasteiger partial charge >= 0.3 is 8.84 Å². The van der Waals surface area contributed by atoms with E-state index in [4.69, 9.17) is 16.9 Å². The normalized spacial score (nSPS) is 19.8. The molecule has 9 N–H and O–H groups in total. The number of nitrogens with two attached hydrogens (primary N) is 3. The molecular weight excluding hydrogens is 410 g/mol. The molecule has 0 spiro atoms. The zero-order chi connectivity index (χ0) is 23.1. The fraction of sp³-hybridized carbons (Fsp3) is 0.952. The standard InChI is InChI=1S/C21H47N7O2Si/c1-17(14-26-21(31(24)30)10-4-6-12-23)25-15-20-9-7-13-28(20)16-19(27-18(2)29)8-3-5-11-22/h17,19-21,25-26H,3-16,22-24H2,1-2H3,(H,27,29)/t17-,19-,20-,21+/m0/s1. The summed E-state index contributed by atoms with van der Waals surface area (Å²) in [4.78, 5) is 14.1. The quantitative estimate of drug-likeness (QED) is 0.120. The molecule has 1 fully saturated rings. The fourth-order valence-electron chi connectivity index (χ4n) is 4.25. The van der Waals surface area contributed by atoms with Crippen LogP contribution in [0.1, 0.15) is 65.2 Å². The van der Waals surface area contributed by atoms with Crippen molar-refractivity contribution >= 4 is 14.8 Å². The third kappa shape index (κ3) is 12.6. The first-order valence-corrected chi connectivity index (χ1v) is 13.6. The first-order chi connectivity index (χ1) is 14.9. The highest BCUT2D eigenvalue weighted by Crippen LogP contribution is 2.18. The van der Waals surface area contributed by atoms with Crippen molar-refractivity contribution in [2.24, 2.45) is 16.9 Å². The summed E-state index contributed by atoms with van der Waals surface area (Å²) in [5.41, 5.74) is 11.1. The van der Waals surface area contributed by atoms with Crippen LogP contribution in [0.3, 0.4) is 0 Å². The maximum Gasteiger partial charge on any atom is 0.407 e. The average molecular weight is 458 g/mol. The van der Waals surface area contributed by atoms with Crippen LogP contribution < -0.4 is 32.8 Å². The van der Waals surface area contributed by atoms with E-state index < -0.39 is 8.84 Å². The number of hydrogen-bond acceptors (Lipinski definition) is 7. The minimum atomic E-state index is -2.10. The molecular formula is C21H47N7O2Si. The van der Waals surface area contributed by atoms with Gasteiger partial charge < -0.3 is 37.3 Å². The van der Waals surface area contributed by atoms with Gasteiger partial charge in [-0.05, 0) is 65.1 Å². The molecule has 1 aliphatic rings. The van der Waals surface area contributed by atoms with Crippen molar-refractivity contribution in [3.63, 3.8) is 0 Å². The van der Waals surface area contributed by atoms with Crippen molar-refractivity contribution in [2.45, 2.75) is 89.0 Å². The lowest BCUT2D eigenvalue weighted by Gasteiger charge is -2.30. The van der Waals surface area contributed by atoms with E-state index in [1.165, 1.54) is 12.8 Å². The molecule has 0 unspecified atom stereocenters. The minimum Gasteiger partial charge on any atom is -0.402 e. The molecule has 182 valence electrons. The molecule has 4 atom stereocenters. The van der Waals surface area contributed by atoms with Gasteiger partial charge in [-0.15, -0.1) is 0 Å². The van der Waals surface area contributed by atoms with Crippen LogP contribution >= 0.6 is 0 Å². The summed E-state index contributed by atoms with van der Waals surface area (Å²) in [6.07, 6.45) is 8.05. The zero-order valence-electron chi connectivity index (χ0n) is 19.7. The number of likely N-dealkylation sites (tertiary alicyclic amines) is 1. The summed E-state index contributed by atoms with van der Waals surface area (Å²) < 4.78 is 11.8. The lowest BCUT2D eigenvalue weighted by molar-refractivity contribution is -0.119. The molecule has 0 saturated carbocycles. The van der Waals surface area contributed by atoms with Crippen LogP contribution in [0.5, 0.6) is 0 Å². The van der Waals surface area contributed by atoms with E-state index in [9.17, 15) is 9.26 Å². The van der Waals surface area contributed by atoms with Crippen molar-refractivity contribution in [3.8, 4) is 0 Å². The molecule has 1 amide bonds. The van der Waals surface area contributed by atoms with Gasteiger partial charge in [-0.25, -0.2) is 0 Å². The maximum atomic E-state index is 11.8. The summed E-state index contributed by atoms with van der Waals surface area (Å²) in [7, 11) is -2.10. The van der Waals surface area contributed by atoms with Crippen molar-refractivity contribution in [1.82, 2.24) is 20.9 Å². The summed E-state index contributed by atoms with van der Waals surface area (Å²) >= 11 is 0. The number of nitrogens with zero attached hydrogens (tertiary/aromatic N) is 1. The minimum absolute atomic E-state index is 0.0338. The van der Waals surface area contributed by atoms with Crippen LogP contribution in [0, 0.1) is 0 Å². The Morgan fingerprint density at radius 3 is 2.42 bits per heavy atom. The van der Waals surface area contributed by atoms with Gasteiger partial charge in [-0.1, -0.05) is 12.8 Å². The van der Waals surface area contributed by atoms with Gasteiger partial charge in [0.1, 0.15) is 0 Å². The molecule has 0 bridgehead atoms. The lowest BCUT2D eigenvalue weighted by atomic mass is 10.1. The number of rotatable bonds is 18. The van der Waals surface area contributed by atoms with Crippen molar-refractivity contribution < 1.29 is 9.26 Å². The van der Waals surface area contributed by atoms with E-state index in [1.54, 1.807) is 6.92 Å².